The number of hydrogen-bond donors (Lipinski definition) is 0. The molecule has 8 heteroatoms. The van der Waals surface area contributed by atoms with E-state index in [1.54, 1.807) is 55.6 Å². The molecule has 0 bridgehead atoms. The molecule has 5 rings (SSSR count). The van der Waals surface area contributed by atoms with Gasteiger partial charge in [0, 0.05) is 29.1 Å². The summed E-state index contributed by atoms with van der Waals surface area (Å²) >= 11 is 0. The molecule has 0 amide bonds. The van der Waals surface area contributed by atoms with E-state index in [4.69, 9.17) is 18.9 Å². The molecule has 0 spiro atoms. The number of hydrogen-bond acceptors (Lipinski definition) is 7. The summed E-state index contributed by atoms with van der Waals surface area (Å²) in [5.41, 5.74) is 2.99. The molecule has 0 aliphatic rings. The van der Waals surface area contributed by atoms with Crippen molar-refractivity contribution in [2.75, 3.05) is 13.7 Å². The van der Waals surface area contributed by atoms with Gasteiger partial charge in [-0.3, -0.25) is 4.79 Å². The maximum absolute atomic E-state index is 12.3. The maximum atomic E-state index is 12.3. The van der Waals surface area contributed by atoms with Crippen LogP contribution in [-0.4, -0.2) is 31.6 Å². The standard InChI is InChI=1S/C32H29O7.C5H5.Fe/c1-36-27-18-20-29(21-19-27)39-32(35)26-14-16-28(17-15-26)38-30(33)9-3-2-6-22-37-31(34)25-12-10-24(11-13-25)23-7-4-5-8-23;1-2-4-5-3-1;/h4-5,7-8,10-21H,2-3,6,9,22H2,1H3;1-5H;/q2*-1;. The van der Waals surface area contributed by atoms with Crippen LogP contribution >= 0.6 is 0 Å². The predicted octanol–water partition coefficient (Wildman–Crippen LogP) is 8.03. The van der Waals surface area contributed by atoms with Crippen LogP contribution in [0.3, 0.4) is 0 Å². The molecular weight excluding hydrogens is 612 g/mol. The van der Waals surface area contributed by atoms with Crippen molar-refractivity contribution in [2.24, 2.45) is 0 Å². The smallest absolute Gasteiger partial charge is 0.343 e. The monoisotopic (exact) mass is 646 g/mol. The molecule has 0 radical (unpaired) electrons. The van der Waals surface area contributed by atoms with Crippen LogP contribution in [0.25, 0.3) is 11.1 Å². The zero-order valence-corrected chi connectivity index (χ0v) is 26.0. The first-order valence-corrected chi connectivity index (χ1v) is 14.3. The second-order valence-corrected chi connectivity index (χ2v) is 9.72. The number of unbranched alkanes of at least 4 members (excludes halogenated alkanes) is 2. The molecule has 0 fully saturated rings. The zero-order valence-electron chi connectivity index (χ0n) is 24.9. The molecule has 7 nitrogen and oxygen atoms in total. The van der Waals surface area contributed by atoms with Gasteiger partial charge >= 0.3 is 17.9 Å². The third-order valence-electron chi connectivity index (χ3n) is 6.52. The molecule has 0 aliphatic heterocycles. The fourth-order valence-electron chi connectivity index (χ4n) is 4.13. The Morgan fingerprint density at radius 3 is 1.80 bits per heavy atom. The average molecular weight is 647 g/mol. The minimum atomic E-state index is -0.520. The Balaban J connectivity index is 0.000000837. The van der Waals surface area contributed by atoms with Gasteiger partial charge < -0.3 is 18.9 Å². The molecule has 0 aromatic heterocycles. The van der Waals surface area contributed by atoms with Crippen LogP contribution in [0.2, 0.25) is 0 Å². The summed E-state index contributed by atoms with van der Waals surface area (Å²) in [5, 5.41) is 0. The molecule has 0 aliphatic carbocycles. The minimum Gasteiger partial charge on any atom is -0.497 e. The van der Waals surface area contributed by atoms with Crippen molar-refractivity contribution < 1.29 is 50.4 Å². The van der Waals surface area contributed by atoms with E-state index in [-0.39, 0.29) is 42.0 Å². The van der Waals surface area contributed by atoms with Gasteiger partial charge in [0.2, 0.25) is 0 Å². The second-order valence-electron chi connectivity index (χ2n) is 9.72. The molecule has 0 atom stereocenters. The van der Waals surface area contributed by atoms with E-state index >= 15 is 0 Å². The first-order valence-electron chi connectivity index (χ1n) is 14.3. The summed E-state index contributed by atoms with van der Waals surface area (Å²) in [6.45, 7) is 0.284. The molecule has 0 N–H and O–H groups in total. The Labute approximate surface area is 273 Å². The van der Waals surface area contributed by atoms with Gasteiger partial charge in [-0.25, -0.2) is 21.7 Å². The van der Waals surface area contributed by atoms with E-state index in [1.165, 1.54) is 12.1 Å². The summed E-state index contributed by atoms with van der Waals surface area (Å²) in [4.78, 5) is 36.7. The zero-order chi connectivity index (χ0) is 31.0. The summed E-state index contributed by atoms with van der Waals surface area (Å²) in [6.07, 6.45) is 2.21. The number of benzene rings is 3. The van der Waals surface area contributed by atoms with E-state index in [9.17, 15) is 14.4 Å². The third kappa shape index (κ3) is 11.6. The summed E-state index contributed by atoms with van der Waals surface area (Å²) in [5.74, 6) is 0.156. The molecule has 0 unspecified atom stereocenters. The van der Waals surface area contributed by atoms with Gasteiger partial charge in [-0.2, -0.15) is 30.3 Å². The summed E-state index contributed by atoms with van der Waals surface area (Å²) in [6, 6.07) is 38.2. The molecular formula is C37H34FeO7-2. The first-order chi connectivity index (χ1) is 21.5. The molecule has 5 aromatic rings. The SMILES string of the molecule is COc1ccc(OC(=O)c2ccc(OC(=O)CCCCCOC(=O)c3ccc(-[c-]4cccc4)cc3)cc2)cc1.[Fe].c1cc[cH-]c1. The second kappa shape index (κ2) is 18.7. The van der Waals surface area contributed by atoms with Gasteiger partial charge in [-0.1, -0.05) is 17.7 Å². The van der Waals surface area contributed by atoms with Crippen LogP contribution in [0.1, 0.15) is 46.4 Å². The Hall–Kier alpha value is -4.91. The third-order valence-corrected chi connectivity index (χ3v) is 6.52. The largest absolute Gasteiger partial charge is 0.497 e. The van der Waals surface area contributed by atoms with E-state index in [0.29, 0.717) is 47.6 Å². The number of methoxy groups -OCH3 is 1. The van der Waals surface area contributed by atoms with Crippen molar-refractivity contribution in [1.82, 2.24) is 0 Å². The molecule has 0 heterocycles. The fourth-order valence-corrected chi connectivity index (χ4v) is 4.13. The molecule has 45 heavy (non-hydrogen) atoms. The number of ether oxygens (including phenoxy) is 4. The van der Waals surface area contributed by atoms with E-state index < -0.39 is 5.97 Å². The number of esters is 3. The number of rotatable bonds is 12. The Kier molecular flexibility index (Phi) is 14.4. The molecule has 234 valence electrons. The molecule has 0 saturated heterocycles. The van der Waals surface area contributed by atoms with Crippen molar-refractivity contribution in [2.45, 2.75) is 25.7 Å². The summed E-state index contributed by atoms with van der Waals surface area (Å²) in [7, 11) is 1.56. The van der Waals surface area contributed by atoms with Gasteiger partial charge in [0.15, 0.2) is 0 Å². The van der Waals surface area contributed by atoms with Gasteiger partial charge in [-0.05, 0) is 67.8 Å². The quantitative estimate of drug-likeness (QED) is 0.0446. The van der Waals surface area contributed by atoms with Gasteiger partial charge in [-0.15, -0.1) is 29.8 Å². The van der Waals surface area contributed by atoms with Crippen LogP contribution in [0.4, 0.5) is 0 Å². The van der Waals surface area contributed by atoms with Crippen LogP contribution in [-0.2, 0) is 26.6 Å². The van der Waals surface area contributed by atoms with Crippen LogP contribution < -0.4 is 14.2 Å². The van der Waals surface area contributed by atoms with Crippen molar-refractivity contribution in [3.8, 4) is 28.4 Å². The van der Waals surface area contributed by atoms with Crippen molar-refractivity contribution >= 4 is 17.9 Å². The van der Waals surface area contributed by atoms with Crippen LogP contribution in [0.5, 0.6) is 17.2 Å². The van der Waals surface area contributed by atoms with Gasteiger partial charge in [0.1, 0.15) is 17.2 Å². The minimum absolute atomic E-state index is 0. The maximum Gasteiger partial charge on any atom is 0.343 e. The van der Waals surface area contributed by atoms with E-state index in [1.807, 2.05) is 66.7 Å². The summed E-state index contributed by atoms with van der Waals surface area (Å²) < 4.78 is 21.1. The van der Waals surface area contributed by atoms with E-state index in [0.717, 1.165) is 11.1 Å². The number of carbonyl (C=O) groups is 3. The first kappa shape index (κ1) is 34.6. The molecule has 0 saturated carbocycles. The van der Waals surface area contributed by atoms with Crippen molar-refractivity contribution in [1.29, 1.82) is 0 Å². The molecule has 5 aromatic carbocycles. The van der Waals surface area contributed by atoms with Crippen LogP contribution in [0.15, 0.2) is 127 Å². The van der Waals surface area contributed by atoms with Crippen LogP contribution in [0, 0.1) is 0 Å². The Morgan fingerprint density at radius 1 is 0.644 bits per heavy atom. The van der Waals surface area contributed by atoms with Gasteiger partial charge in [0.05, 0.1) is 19.3 Å². The van der Waals surface area contributed by atoms with Gasteiger partial charge in [0.25, 0.3) is 0 Å². The number of carbonyl (C=O) groups excluding carboxylic acids is 3. The Bertz CT molecular complexity index is 1540. The Morgan fingerprint density at radius 2 is 1.20 bits per heavy atom. The van der Waals surface area contributed by atoms with Crippen molar-refractivity contribution in [3.05, 3.63) is 139 Å². The van der Waals surface area contributed by atoms with E-state index in [2.05, 4.69) is 0 Å². The van der Waals surface area contributed by atoms with Crippen molar-refractivity contribution in [3.63, 3.8) is 0 Å². The normalized spacial score (nSPS) is 9.98. The predicted molar refractivity (Wildman–Crippen MR) is 168 cm³/mol. The average Bonchev–Trinajstić information content (AvgIpc) is 3.82. The fraction of sp³-hybridized carbons (Fsp3) is 0.162. The topological polar surface area (TPSA) is 88.1 Å².